The van der Waals surface area contributed by atoms with E-state index in [2.05, 4.69) is 10.1 Å². The van der Waals surface area contributed by atoms with Crippen molar-refractivity contribution in [3.63, 3.8) is 0 Å². The van der Waals surface area contributed by atoms with E-state index in [1.54, 1.807) is 6.20 Å². The molecule has 0 amide bonds. The average molecular weight is 255 g/mol. The van der Waals surface area contributed by atoms with Gasteiger partial charge in [0.1, 0.15) is 0 Å². The van der Waals surface area contributed by atoms with E-state index < -0.39 is 0 Å². The van der Waals surface area contributed by atoms with Gasteiger partial charge >= 0.3 is 5.63 Å². The first-order chi connectivity index (χ1) is 9.15. The third kappa shape index (κ3) is 2.03. The van der Waals surface area contributed by atoms with Crippen LogP contribution < -0.4 is 5.63 Å². The Morgan fingerprint density at radius 1 is 1.32 bits per heavy atom. The summed E-state index contributed by atoms with van der Waals surface area (Å²) in [6.45, 7) is 4.41. The summed E-state index contributed by atoms with van der Waals surface area (Å²) in [7, 11) is 0. The lowest BCUT2D eigenvalue weighted by Crippen LogP contribution is -2.04. The molecule has 0 radical (unpaired) electrons. The summed E-state index contributed by atoms with van der Waals surface area (Å²) in [4.78, 5) is 15.6. The van der Waals surface area contributed by atoms with Crippen LogP contribution in [0, 0.1) is 13.8 Å². The van der Waals surface area contributed by atoms with E-state index in [4.69, 9.17) is 4.42 Å². The van der Waals surface area contributed by atoms with Crippen molar-refractivity contribution in [1.29, 1.82) is 0 Å². The van der Waals surface area contributed by atoms with E-state index in [9.17, 15) is 4.79 Å². The number of nitrogens with zero attached hydrogens (tertiary/aromatic N) is 3. The number of pyridine rings is 1. The third-order valence-electron chi connectivity index (χ3n) is 3.14. The minimum absolute atomic E-state index is 0.368. The summed E-state index contributed by atoms with van der Waals surface area (Å²) in [5, 5.41) is 5.24. The zero-order valence-electron chi connectivity index (χ0n) is 10.8. The molecule has 3 aromatic heterocycles. The smallest absolute Gasteiger partial charge is 0.337 e. The summed E-state index contributed by atoms with van der Waals surface area (Å²) in [6, 6.07) is 7.24. The van der Waals surface area contributed by atoms with Crippen molar-refractivity contribution in [1.82, 2.24) is 14.8 Å². The predicted molar refractivity (Wildman–Crippen MR) is 71.1 cm³/mol. The summed E-state index contributed by atoms with van der Waals surface area (Å²) in [6.07, 6.45) is 1.75. The van der Waals surface area contributed by atoms with Crippen LogP contribution in [0.3, 0.4) is 0 Å². The van der Waals surface area contributed by atoms with Gasteiger partial charge in [0.15, 0.2) is 0 Å². The normalized spacial score (nSPS) is 11.1. The number of rotatable bonds is 2. The van der Waals surface area contributed by atoms with Gasteiger partial charge in [-0.2, -0.15) is 0 Å². The number of aryl methyl sites for hydroxylation is 2. The average Bonchev–Trinajstić information content (AvgIpc) is 2.67. The standard InChI is InChI=1S/C14H13N3O2/c1-9-7-12(18)19-14-13(9)10(2)17(16-14)8-11-5-3-4-6-15-11/h3-7H,8H2,1-2H3. The van der Waals surface area contributed by atoms with Crippen LogP contribution in [0.1, 0.15) is 17.0 Å². The lowest BCUT2D eigenvalue weighted by Gasteiger charge is -2.03. The molecule has 0 atom stereocenters. The molecule has 0 aliphatic carbocycles. The molecule has 19 heavy (non-hydrogen) atoms. The first-order valence-electron chi connectivity index (χ1n) is 6.03. The number of hydrogen-bond acceptors (Lipinski definition) is 4. The number of hydrogen-bond donors (Lipinski definition) is 0. The Balaban J connectivity index is 2.13. The van der Waals surface area contributed by atoms with Crippen molar-refractivity contribution in [2.24, 2.45) is 0 Å². The summed E-state index contributed by atoms with van der Waals surface area (Å²) >= 11 is 0. The molecule has 3 rings (SSSR count). The van der Waals surface area contributed by atoms with Gasteiger partial charge in [-0.15, -0.1) is 5.10 Å². The fourth-order valence-corrected chi connectivity index (χ4v) is 2.22. The molecule has 96 valence electrons. The molecule has 0 saturated heterocycles. The van der Waals surface area contributed by atoms with Crippen molar-refractivity contribution >= 4 is 11.1 Å². The quantitative estimate of drug-likeness (QED) is 0.703. The minimum atomic E-state index is -0.368. The zero-order chi connectivity index (χ0) is 13.4. The Bertz CT molecular complexity index is 788. The first kappa shape index (κ1) is 11.6. The predicted octanol–water partition coefficient (Wildman–Crippen LogP) is 2.05. The molecule has 0 N–H and O–H groups in total. The van der Waals surface area contributed by atoms with Crippen LogP contribution in [0.15, 0.2) is 39.7 Å². The van der Waals surface area contributed by atoms with Crippen LogP contribution in [0.25, 0.3) is 11.1 Å². The molecule has 0 bridgehead atoms. The van der Waals surface area contributed by atoms with E-state index in [0.29, 0.717) is 12.3 Å². The third-order valence-corrected chi connectivity index (χ3v) is 3.14. The van der Waals surface area contributed by atoms with E-state index in [0.717, 1.165) is 22.3 Å². The molecule has 0 saturated carbocycles. The van der Waals surface area contributed by atoms with Gasteiger partial charge in [0.05, 0.1) is 17.6 Å². The molecular formula is C14H13N3O2. The maximum atomic E-state index is 11.4. The Labute approximate surface area is 109 Å². The van der Waals surface area contributed by atoms with Gasteiger partial charge in [0.25, 0.3) is 0 Å². The van der Waals surface area contributed by atoms with Crippen molar-refractivity contribution in [3.05, 3.63) is 57.8 Å². The largest absolute Gasteiger partial charge is 0.402 e. The van der Waals surface area contributed by atoms with Gasteiger partial charge in [0, 0.05) is 18.0 Å². The highest BCUT2D eigenvalue weighted by Gasteiger charge is 2.13. The lowest BCUT2D eigenvalue weighted by molar-refractivity contribution is 0.534. The van der Waals surface area contributed by atoms with Crippen molar-refractivity contribution in [2.75, 3.05) is 0 Å². The highest BCUT2D eigenvalue weighted by atomic mass is 16.4. The van der Waals surface area contributed by atoms with E-state index in [1.807, 2.05) is 36.7 Å². The molecule has 0 unspecified atom stereocenters. The lowest BCUT2D eigenvalue weighted by atomic mass is 10.2. The second-order valence-corrected chi connectivity index (χ2v) is 4.49. The van der Waals surface area contributed by atoms with E-state index in [1.165, 1.54) is 6.07 Å². The molecule has 0 aliphatic rings. The summed E-state index contributed by atoms with van der Waals surface area (Å²) in [5.74, 6) is 0. The van der Waals surface area contributed by atoms with Crippen LogP contribution in [0.2, 0.25) is 0 Å². The van der Waals surface area contributed by atoms with Crippen molar-refractivity contribution < 1.29 is 4.42 Å². The molecule has 0 aromatic carbocycles. The fourth-order valence-electron chi connectivity index (χ4n) is 2.22. The van der Waals surface area contributed by atoms with Crippen molar-refractivity contribution in [3.8, 4) is 0 Å². The van der Waals surface area contributed by atoms with Crippen LogP contribution in [-0.4, -0.2) is 14.8 Å². The number of aromatic nitrogens is 3. The van der Waals surface area contributed by atoms with E-state index >= 15 is 0 Å². The Hall–Kier alpha value is -2.43. The van der Waals surface area contributed by atoms with Crippen LogP contribution >= 0.6 is 0 Å². The Morgan fingerprint density at radius 2 is 2.16 bits per heavy atom. The highest BCUT2D eigenvalue weighted by molar-refractivity contribution is 5.79. The molecule has 5 heteroatoms. The molecule has 0 fully saturated rings. The minimum Gasteiger partial charge on any atom is -0.402 e. The topological polar surface area (TPSA) is 60.9 Å². The molecule has 5 nitrogen and oxygen atoms in total. The second-order valence-electron chi connectivity index (χ2n) is 4.49. The molecule has 0 spiro atoms. The number of fused-ring (bicyclic) bond motifs is 1. The molecule has 3 heterocycles. The van der Waals surface area contributed by atoms with Crippen molar-refractivity contribution in [2.45, 2.75) is 20.4 Å². The second kappa shape index (κ2) is 4.35. The van der Waals surface area contributed by atoms with Gasteiger partial charge in [-0.1, -0.05) is 6.07 Å². The van der Waals surface area contributed by atoms with Crippen LogP contribution in [0.4, 0.5) is 0 Å². The Morgan fingerprint density at radius 3 is 2.89 bits per heavy atom. The highest BCUT2D eigenvalue weighted by Crippen LogP contribution is 2.20. The molecule has 0 aliphatic heterocycles. The van der Waals surface area contributed by atoms with E-state index in [-0.39, 0.29) is 5.63 Å². The molecular weight excluding hydrogens is 242 g/mol. The first-order valence-corrected chi connectivity index (χ1v) is 6.03. The summed E-state index contributed by atoms with van der Waals surface area (Å²) in [5.41, 5.74) is 2.79. The van der Waals surface area contributed by atoms with Gasteiger partial charge in [-0.3, -0.25) is 9.67 Å². The van der Waals surface area contributed by atoms with Gasteiger partial charge in [-0.05, 0) is 31.5 Å². The molecule has 3 aromatic rings. The van der Waals surface area contributed by atoms with Gasteiger partial charge in [-0.25, -0.2) is 4.79 Å². The van der Waals surface area contributed by atoms with Crippen LogP contribution in [0.5, 0.6) is 0 Å². The van der Waals surface area contributed by atoms with Gasteiger partial charge in [0.2, 0.25) is 5.71 Å². The maximum Gasteiger partial charge on any atom is 0.337 e. The Kier molecular flexibility index (Phi) is 2.67. The zero-order valence-corrected chi connectivity index (χ0v) is 10.8. The monoisotopic (exact) mass is 255 g/mol. The summed E-state index contributed by atoms with van der Waals surface area (Å²) < 4.78 is 6.94. The van der Waals surface area contributed by atoms with Crippen LogP contribution in [-0.2, 0) is 6.54 Å². The van der Waals surface area contributed by atoms with Gasteiger partial charge < -0.3 is 4.42 Å². The fraction of sp³-hybridized carbons (Fsp3) is 0.214. The maximum absolute atomic E-state index is 11.4. The SMILES string of the molecule is Cc1cc(=O)oc2nn(Cc3ccccn3)c(C)c12.